The van der Waals surface area contributed by atoms with Gasteiger partial charge in [-0.15, -0.1) is 0 Å². The Bertz CT molecular complexity index is 598. The Balaban J connectivity index is 1.98. The van der Waals surface area contributed by atoms with Gasteiger partial charge in [-0.2, -0.15) is 0 Å². The second-order valence-electron chi connectivity index (χ2n) is 5.15. The molecule has 0 N–H and O–H groups in total. The number of hydrogen-bond acceptors (Lipinski definition) is 1. The third kappa shape index (κ3) is 2.19. The van der Waals surface area contributed by atoms with Crippen molar-refractivity contribution in [2.24, 2.45) is 0 Å². The fourth-order valence-electron chi connectivity index (χ4n) is 2.81. The van der Waals surface area contributed by atoms with Crippen LogP contribution in [0.1, 0.15) is 28.1 Å². The Hall–Kier alpha value is -1.61. The summed E-state index contributed by atoms with van der Waals surface area (Å²) in [5, 5.41) is 0. The summed E-state index contributed by atoms with van der Waals surface area (Å²) in [6.07, 6.45) is 0.964. The molecule has 0 saturated carbocycles. The third-order valence-electron chi connectivity index (χ3n) is 4.06. The molecule has 0 aliphatic carbocycles. The van der Waals surface area contributed by atoms with Crippen molar-refractivity contribution >= 4 is 0 Å². The number of halogens is 1. The first-order valence-electron chi connectivity index (χ1n) is 6.66. The quantitative estimate of drug-likeness (QED) is 0.806. The van der Waals surface area contributed by atoms with Gasteiger partial charge in [0.1, 0.15) is 5.82 Å². The molecule has 0 saturated heterocycles. The van der Waals surface area contributed by atoms with Crippen molar-refractivity contribution in [2.45, 2.75) is 33.4 Å². The van der Waals surface area contributed by atoms with Crippen LogP contribution in [-0.4, -0.2) is 11.2 Å². The topological polar surface area (TPSA) is 14.2 Å². The molecule has 2 aromatic rings. The predicted octanol–water partition coefficient (Wildman–Crippen LogP) is 3.37. The highest BCUT2D eigenvalue weighted by Crippen LogP contribution is 2.27. The zero-order valence-corrected chi connectivity index (χ0v) is 11.4. The van der Waals surface area contributed by atoms with Crippen molar-refractivity contribution < 1.29 is 9.13 Å². The summed E-state index contributed by atoms with van der Waals surface area (Å²) in [5.41, 5.74) is 6.47. The van der Waals surface area contributed by atoms with Crippen LogP contribution in [0.5, 0.6) is 0 Å². The highest BCUT2D eigenvalue weighted by atomic mass is 19.1. The maximum atomic E-state index is 13.0. The fourth-order valence-corrected chi connectivity index (χ4v) is 2.81. The first-order valence-corrected chi connectivity index (χ1v) is 6.66. The van der Waals surface area contributed by atoms with Gasteiger partial charge in [0.2, 0.25) is 0 Å². The minimum Gasteiger partial charge on any atom is -0.376 e. The predicted molar refractivity (Wildman–Crippen MR) is 72.8 cm³/mol. The molecular weight excluding hydrogens is 241 g/mol. The number of ether oxygens (including phenoxy) is 1. The van der Waals surface area contributed by atoms with E-state index >= 15 is 0 Å². The Morgan fingerprint density at radius 3 is 2.68 bits per heavy atom. The number of fused-ring (bicyclic) bond motifs is 1. The zero-order chi connectivity index (χ0) is 13.4. The van der Waals surface area contributed by atoms with E-state index in [1.165, 1.54) is 34.6 Å². The van der Waals surface area contributed by atoms with Gasteiger partial charge in [-0.3, -0.25) is 0 Å². The van der Waals surface area contributed by atoms with Crippen molar-refractivity contribution in [1.29, 1.82) is 0 Å². The molecule has 0 spiro atoms. The normalized spacial score (nSPS) is 14.5. The minimum atomic E-state index is -0.181. The second kappa shape index (κ2) is 4.82. The molecule has 1 aromatic heterocycles. The van der Waals surface area contributed by atoms with Crippen LogP contribution in [0.4, 0.5) is 4.39 Å². The van der Waals surface area contributed by atoms with Crippen LogP contribution in [0, 0.1) is 19.7 Å². The molecule has 0 amide bonds. The molecule has 0 radical (unpaired) electrons. The summed E-state index contributed by atoms with van der Waals surface area (Å²) in [6.45, 7) is 6.63. The smallest absolute Gasteiger partial charge is 0.123 e. The summed E-state index contributed by atoms with van der Waals surface area (Å²) in [7, 11) is 0. The Morgan fingerprint density at radius 2 is 1.95 bits per heavy atom. The fraction of sp³-hybridized carbons (Fsp3) is 0.375. The van der Waals surface area contributed by atoms with Crippen LogP contribution >= 0.6 is 0 Å². The van der Waals surface area contributed by atoms with Gasteiger partial charge < -0.3 is 9.30 Å². The van der Waals surface area contributed by atoms with Crippen LogP contribution in [-0.2, 0) is 24.3 Å². The van der Waals surface area contributed by atoms with Crippen molar-refractivity contribution in [1.82, 2.24) is 4.57 Å². The van der Waals surface area contributed by atoms with Crippen LogP contribution in [0.25, 0.3) is 0 Å². The largest absolute Gasteiger partial charge is 0.376 e. The van der Waals surface area contributed by atoms with E-state index in [0.29, 0.717) is 0 Å². The van der Waals surface area contributed by atoms with E-state index in [4.69, 9.17) is 4.74 Å². The van der Waals surface area contributed by atoms with E-state index in [2.05, 4.69) is 18.4 Å². The van der Waals surface area contributed by atoms with E-state index in [1.54, 1.807) is 0 Å². The molecule has 3 rings (SSSR count). The van der Waals surface area contributed by atoms with Gasteiger partial charge in [0.15, 0.2) is 0 Å². The summed E-state index contributed by atoms with van der Waals surface area (Å²) in [4.78, 5) is 0. The molecule has 0 bridgehead atoms. The van der Waals surface area contributed by atoms with Gasteiger partial charge in [-0.1, -0.05) is 12.1 Å². The summed E-state index contributed by atoms with van der Waals surface area (Å²) in [6, 6.07) is 6.76. The molecule has 0 atom stereocenters. The van der Waals surface area contributed by atoms with E-state index in [1.807, 2.05) is 12.1 Å². The molecule has 0 unspecified atom stereocenters. The Morgan fingerprint density at radius 1 is 1.21 bits per heavy atom. The van der Waals surface area contributed by atoms with Crippen molar-refractivity contribution in [2.75, 3.05) is 6.61 Å². The summed E-state index contributed by atoms with van der Waals surface area (Å²) >= 11 is 0. The van der Waals surface area contributed by atoms with Crippen LogP contribution < -0.4 is 0 Å². The minimum absolute atomic E-state index is 0.181. The number of benzene rings is 1. The maximum Gasteiger partial charge on any atom is 0.123 e. The number of hydrogen-bond donors (Lipinski definition) is 0. The lowest BCUT2D eigenvalue weighted by molar-refractivity contribution is 0.108. The zero-order valence-electron chi connectivity index (χ0n) is 11.4. The maximum absolute atomic E-state index is 13.0. The van der Waals surface area contributed by atoms with Gasteiger partial charge >= 0.3 is 0 Å². The highest BCUT2D eigenvalue weighted by molar-refractivity contribution is 5.38. The highest BCUT2D eigenvalue weighted by Gasteiger charge is 2.20. The molecule has 0 fully saturated rings. The van der Waals surface area contributed by atoms with Crippen LogP contribution in [0.2, 0.25) is 0 Å². The molecule has 2 nitrogen and oxygen atoms in total. The first-order chi connectivity index (χ1) is 9.16. The standard InChI is InChI=1S/C16H18FNO/c1-11-12(2)18(16-7-8-19-10-15(11)16)9-13-3-5-14(17)6-4-13/h3-6H,7-10H2,1-2H3. The lowest BCUT2D eigenvalue weighted by Crippen LogP contribution is -2.14. The lowest BCUT2D eigenvalue weighted by Gasteiger charge is -2.17. The SMILES string of the molecule is Cc1c2c(n(Cc3ccc(F)cc3)c1C)CCOC2. The summed E-state index contributed by atoms with van der Waals surface area (Å²) < 4.78 is 20.9. The molecule has 19 heavy (non-hydrogen) atoms. The molecule has 2 heterocycles. The average Bonchev–Trinajstić information content (AvgIpc) is 2.67. The van der Waals surface area contributed by atoms with Crippen molar-refractivity contribution in [3.05, 3.63) is 58.2 Å². The molecule has 1 aromatic carbocycles. The molecule has 3 heteroatoms. The number of aromatic nitrogens is 1. The lowest BCUT2D eigenvalue weighted by atomic mass is 10.1. The molecule has 1 aliphatic heterocycles. The Labute approximate surface area is 112 Å². The van der Waals surface area contributed by atoms with E-state index in [9.17, 15) is 4.39 Å². The van der Waals surface area contributed by atoms with Crippen LogP contribution in [0.15, 0.2) is 24.3 Å². The van der Waals surface area contributed by atoms with Crippen molar-refractivity contribution in [3.63, 3.8) is 0 Å². The van der Waals surface area contributed by atoms with E-state index in [-0.39, 0.29) is 5.82 Å². The van der Waals surface area contributed by atoms with E-state index in [0.717, 1.165) is 31.7 Å². The van der Waals surface area contributed by atoms with Gasteiger partial charge in [-0.05, 0) is 37.1 Å². The van der Waals surface area contributed by atoms with Gasteiger partial charge in [0.25, 0.3) is 0 Å². The monoisotopic (exact) mass is 259 g/mol. The van der Waals surface area contributed by atoms with Gasteiger partial charge in [-0.25, -0.2) is 4.39 Å². The summed E-state index contributed by atoms with van der Waals surface area (Å²) in [5.74, 6) is -0.181. The second-order valence-corrected chi connectivity index (χ2v) is 5.15. The first kappa shape index (κ1) is 12.4. The van der Waals surface area contributed by atoms with Gasteiger partial charge in [0.05, 0.1) is 13.2 Å². The van der Waals surface area contributed by atoms with Crippen molar-refractivity contribution in [3.8, 4) is 0 Å². The molecule has 100 valence electrons. The van der Waals surface area contributed by atoms with Gasteiger partial charge in [0, 0.05) is 29.9 Å². The van der Waals surface area contributed by atoms with E-state index < -0.39 is 0 Å². The average molecular weight is 259 g/mol. The Kier molecular flexibility index (Phi) is 3.15. The third-order valence-corrected chi connectivity index (χ3v) is 4.06. The molecular formula is C16H18FNO. The number of nitrogens with zero attached hydrogens (tertiary/aromatic N) is 1. The number of rotatable bonds is 2. The van der Waals surface area contributed by atoms with Crippen LogP contribution in [0.3, 0.4) is 0 Å². The molecule has 1 aliphatic rings.